The zero-order valence-corrected chi connectivity index (χ0v) is 21.7. The van der Waals surface area contributed by atoms with Gasteiger partial charge in [-0.25, -0.2) is 5.26 Å². The maximum Gasteiger partial charge on any atom is 0.197 e. The van der Waals surface area contributed by atoms with Crippen molar-refractivity contribution in [1.29, 1.82) is 0 Å². The van der Waals surface area contributed by atoms with Gasteiger partial charge in [0.1, 0.15) is 0 Å². The first kappa shape index (κ1) is 25.0. The van der Waals surface area contributed by atoms with Crippen LogP contribution in [0.4, 0.5) is 0 Å². The van der Waals surface area contributed by atoms with E-state index in [9.17, 15) is 0 Å². The van der Waals surface area contributed by atoms with Crippen molar-refractivity contribution in [3.63, 3.8) is 0 Å². The van der Waals surface area contributed by atoms with Gasteiger partial charge in [0.15, 0.2) is 12.3 Å². The van der Waals surface area contributed by atoms with E-state index in [1.54, 1.807) is 0 Å². The third kappa shape index (κ3) is 4.58. The fraction of sp³-hybridized carbons (Fsp3) is 0.926. The van der Waals surface area contributed by atoms with Gasteiger partial charge in [-0.2, -0.15) is 0 Å². The Hall–Kier alpha value is -0.0700. The van der Waals surface area contributed by atoms with Crippen molar-refractivity contribution < 1.29 is 18.8 Å². The molecule has 0 aromatic heterocycles. The maximum atomic E-state index is 8.34. The van der Waals surface area contributed by atoms with Crippen LogP contribution in [0.15, 0.2) is 12.2 Å². The monoisotopic (exact) mass is 466 g/mol. The molecule has 6 unspecified atom stereocenters. The summed E-state index contributed by atoms with van der Waals surface area (Å²) in [6, 6.07) is 0. The topological polar surface area (TPSA) is 47.9 Å². The number of hydrogen-bond donors (Lipinski definition) is 1. The fourth-order valence-corrected chi connectivity index (χ4v) is 9.27. The summed E-state index contributed by atoms with van der Waals surface area (Å²) in [5.74, 6) is 5.74. The summed E-state index contributed by atoms with van der Waals surface area (Å²) in [5, 5.41) is 12.0. The molecular formula is C27H46O4S. The van der Waals surface area contributed by atoms with Crippen LogP contribution in [0.1, 0.15) is 98.8 Å². The minimum atomic E-state index is 0.202. The average Bonchev–Trinajstić information content (AvgIpc) is 3.14. The zero-order chi connectivity index (χ0) is 22.9. The SMILES string of the molecule is CCC(C)C=CC(C)C1CCC2[C@@H]3CCC4C[C@@H](OSOOO)CC[C@]4(C)C3CC[C@]12C. The number of fused-ring (bicyclic) bond motifs is 5. The quantitative estimate of drug-likeness (QED) is 0.128. The predicted octanol–water partition coefficient (Wildman–Crippen LogP) is 8.25. The average molecular weight is 467 g/mol. The summed E-state index contributed by atoms with van der Waals surface area (Å²) < 4.78 is 10.2. The highest BCUT2D eigenvalue weighted by atomic mass is 32.2. The van der Waals surface area contributed by atoms with Gasteiger partial charge in [-0.1, -0.05) is 58.2 Å². The number of rotatable bonds is 8. The molecule has 10 atom stereocenters. The van der Waals surface area contributed by atoms with Crippen molar-refractivity contribution in [3.8, 4) is 0 Å². The molecule has 0 amide bonds. The first-order chi connectivity index (χ1) is 15.3. The molecule has 4 aliphatic carbocycles. The lowest BCUT2D eigenvalue weighted by atomic mass is 9.44. The van der Waals surface area contributed by atoms with Gasteiger partial charge in [0.25, 0.3) is 0 Å². The van der Waals surface area contributed by atoms with Crippen LogP contribution in [0.5, 0.6) is 0 Å². The number of hydrogen-bond acceptors (Lipinski definition) is 5. The molecule has 0 radical (unpaired) electrons. The van der Waals surface area contributed by atoms with Crippen LogP contribution in [-0.2, 0) is 13.6 Å². The Morgan fingerprint density at radius 1 is 0.969 bits per heavy atom. The first-order valence-corrected chi connectivity index (χ1v) is 14.0. The summed E-state index contributed by atoms with van der Waals surface area (Å²) in [7, 11) is 0. The van der Waals surface area contributed by atoms with Crippen molar-refractivity contribution in [2.75, 3.05) is 0 Å². The molecular weight excluding hydrogens is 420 g/mol. The molecule has 0 aromatic carbocycles. The second-order valence-electron chi connectivity index (χ2n) is 12.2. The van der Waals surface area contributed by atoms with E-state index in [1.807, 2.05) is 0 Å². The van der Waals surface area contributed by atoms with Crippen molar-refractivity contribution in [2.45, 2.75) is 105 Å². The molecule has 4 rings (SSSR count). The van der Waals surface area contributed by atoms with Gasteiger partial charge in [-0.3, -0.25) is 4.18 Å². The van der Waals surface area contributed by atoms with Crippen molar-refractivity contribution in [3.05, 3.63) is 12.2 Å². The van der Waals surface area contributed by atoms with E-state index >= 15 is 0 Å². The highest BCUT2D eigenvalue weighted by molar-refractivity contribution is 7.89. The first-order valence-electron chi connectivity index (χ1n) is 13.3. The minimum absolute atomic E-state index is 0.202. The van der Waals surface area contributed by atoms with Crippen LogP contribution < -0.4 is 0 Å². The lowest BCUT2D eigenvalue weighted by Gasteiger charge is -2.61. The lowest BCUT2D eigenvalue weighted by Crippen LogP contribution is -2.54. The summed E-state index contributed by atoms with van der Waals surface area (Å²) >= 11 is 0.765. The Bertz CT molecular complexity index is 656. The normalized spacial score (nSPS) is 45.8. The molecule has 5 heteroatoms. The van der Waals surface area contributed by atoms with E-state index in [4.69, 9.17) is 9.44 Å². The van der Waals surface area contributed by atoms with Crippen molar-refractivity contribution >= 4 is 12.3 Å². The fourth-order valence-electron chi connectivity index (χ4n) is 8.93. The van der Waals surface area contributed by atoms with Crippen molar-refractivity contribution in [2.24, 2.45) is 52.3 Å². The molecule has 32 heavy (non-hydrogen) atoms. The summed E-state index contributed by atoms with van der Waals surface area (Å²) in [5.41, 5.74) is 0.991. The Kier molecular flexibility index (Phi) is 8.04. The highest BCUT2D eigenvalue weighted by Gasteiger charge is 2.60. The van der Waals surface area contributed by atoms with Gasteiger partial charge >= 0.3 is 0 Å². The van der Waals surface area contributed by atoms with Gasteiger partial charge in [-0.15, -0.1) is 4.33 Å². The molecule has 0 saturated heterocycles. The van der Waals surface area contributed by atoms with E-state index in [2.05, 4.69) is 56.1 Å². The molecule has 0 aliphatic heterocycles. The van der Waals surface area contributed by atoms with E-state index < -0.39 is 0 Å². The second-order valence-corrected chi connectivity index (χ2v) is 12.7. The summed E-state index contributed by atoms with van der Waals surface area (Å²) in [6.07, 6.45) is 18.4. The van der Waals surface area contributed by atoms with Gasteiger partial charge < -0.3 is 0 Å². The summed E-state index contributed by atoms with van der Waals surface area (Å²) in [6.45, 7) is 12.4. The Balaban J connectivity index is 1.43. The molecule has 4 nitrogen and oxygen atoms in total. The largest absolute Gasteiger partial charge is 0.286 e. The van der Waals surface area contributed by atoms with Crippen LogP contribution in [0.25, 0.3) is 0 Å². The molecule has 0 spiro atoms. The minimum Gasteiger partial charge on any atom is -0.286 e. The van der Waals surface area contributed by atoms with E-state index in [0.717, 1.165) is 54.8 Å². The molecule has 1 N–H and O–H groups in total. The molecule has 4 fully saturated rings. The summed E-state index contributed by atoms with van der Waals surface area (Å²) in [4.78, 5) is 0. The molecule has 0 bridgehead atoms. The zero-order valence-electron chi connectivity index (χ0n) is 20.9. The smallest absolute Gasteiger partial charge is 0.197 e. The van der Waals surface area contributed by atoms with Crippen LogP contribution in [0, 0.1) is 52.3 Å². The van der Waals surface area contributed by atoms with Gasteiger partial charge in [-0.05, 0) is 110 Å². The molecule has 184 valence electrons. The molecule has 0 aromatic rings. The number of allylic oxidation sites excluding steroid dienone is 2. The Morgan fingerprint density at radius 2 is 1.72 bits per heavy atom. The van der Waals surface area contributed by atoms with Crippen LogP contribution >= 0.6 is 12.3 Å². The molecule has 0 heterocycles. The third-order valence-corrected chi connectivity index (χ3v) is 11.4. The van der Waals surface area contributed by atoms with E-state index in [0.29, 0.717) is 22.7 Å². The highest BCUT2D eigenvalue weighted by Crippen LogP contribution is 2.68. The van der Waals surface area contributed by atoms with Crippen molar-refractivity contribution in [1.82, 2.24) is 0 Å². The second kappa shape index (κ2) is 10.3. The maximum absolute atomic E-state index is 8.34. The Labute approximate surface area is 200 Å². The van der Waals surface area contributed by atoms with E-state index in [-0.39, 0.29) is 6.10 Å². The standard InChI is InChI=1S/C27H46O4S/c1-6-18(2)7-8-19(3)23-11-12-24-22-10-9-20-17-21(29-32-31-30-28)13-15-26(20,4)25(22)14-16-27(23,24)5/h7-8,18-25,28H,6,9-17H2,1-5H3/t18?,19?,20?,21-,22-,23?,24?,25?,26-,27+/m0/s1. The molecule has 4 aliphatic rings. The van der Waals surface area contributed by atoms with Gasteiger partial charge in [0.2, 0.25) is 0 Å². The molecule has 4 saturated carbocycles. The van der Waals surface area contributed by atoms with Crippen LogP contribution in [0.2, 0.25) is 0 Å². The van der Waals surface area contributed by atoms with Gasteiger partial charge in [0.05, 0.1) is 6.10 Å². The van der Waals surface area contributed by atoms with Crippen LogP contribution in [0.3, 0.4) is 0 Å². The van der Waals surface area contributed by atoms with Crippen LogP contribution in [-0.4, -0.2) is 11.4 Å². The predicted molar refractivity (Wildman–Crippen MR) is 130 cm³/mol. The lowest BCUT2D eigenvalue weighted by molar-refractivity contribution is -0.434. The Morgan fingerprint density at radius 3 is 2.47 bits per heavy atom. The third-order valence-electron chi connectivity index (χ3n) is 10.9. The van der Waals surface area contributed by atoms with E-state index in [1.165, 1.54) is 51.4 Å². The van der Waals surface area contributed by atoms with Gasteiger partial charge in [0, 0.05) is 0 Å².